The summed E-state index contributed by atoms with van der Waals surface area (Å²) in [6.45, 7) is 4.13. The van der Waals surface area contributed by atoms with Crippen molar-refractivity contribution in [3.05, 3.63) is 23.8 Å². The van der Waals surface area contributed by atoms with Gasteiger partial charge in [-0.3, -0.25) is 4.79 Å². The van der Waals surface area contributed by atoms with Gasteiger partial charge in [-0.15, -0.1) is 0 Å². The van der Waals surface area contributed by atoms with Crippen LogP contribution >= 0.6 is 0 Å². The fraction of sp³-hybridized carbons (Fsp3) is 0.500. The van der Waals surface area contributed by atoms with E-state index >= 15 is 0 Å². The van der Waals surface area contributed by atoms with E-state index in [-0.39, 0.29) is 11.7 Å². The molecule has 0 aliphatic heterocycles. The first-order valence-corrected chi connectivity index (χ1v) is 4.12. The maximum Gasteiger partial charge on any atom is 0.162 e. The Morgan fingerprint density at radius 3 is 3.00 bits per heavy atom. The Bertz CT molecular complexity index is 211. The molecule has 0 aromatic heterocycles. The highest BCUT2D eigenvalue weighted by atomic mass is 16.1. The van der Waals surface area contributed by atoms with Gasteiger partial charge in [0.2, 0.25) is 0 Å². The molecule has 11 heavy (non-hydrogen) atoms. The molecule has 0 amide bonds. The fourth-order valence-corrected chi connectivity index (χ4v) is 1.43. The second-order valence-corrected chi connectivity index (χ2v) is 2.95. The minimum absolute atomic E-state index is 0.162. The van der Waals surface area contributed by atoms with Gasteiger partial charge in [0.25, 0.3) is 0 Å². The summed E-state index contributed by atoms with van der Waals surface area (Å²) in [5.74, 6) is 0.433. The summed E-state index contributed by atoms with van der Waals surface area (Å²) in [6, 6.07) is 0. The summed E-state index contributed by atoms with van der Waals surface area (Å²) in [7, 11) is 0. The molecule has 0 saturated carbocycles. The maximum absolute atomic E-state index is 11.2. The summed E-state index contributed by atoms with van der Waals surface area (Å²) in [6.07, 6.45) is 7.71. The van der Waals surface area contributed by atoms with Gasteiger partial charge in [-0.25, -0.2) is 0 Å². The highest BCUT2D eigenvalue weighted by molar-refractivity contribution is 5.95. The summed E-state index contributed by atoms with van der Waals surface area (Å²) in [5, 5.41) is 0. The Labute approximate surface area is 67.8 Å². The zero-order valence-electron chi connectivity index (χ0n) is 7.13. The molecule has 0 fully saturated rings. The van der Waals surface area contributed by atoms with Gasteiger partial charge in [-0.2, -0.15) is 0 Å². The van der Waals surface area contributed by atoms with Crippen molar-refractivity contribution in [1.82, 2.24) is 0 Å². The molecule has 0 saturated heterocycles. The Morgan fingerprint density at radius 1 is 1.82 bits per heavy atom. The van der Waals surface area contributed by atoms with Gasteiger partial charge < -0.3 is 0 Å². The molecule has 0 spiro atoms. The molecule has 0 N–H and O–H groups in total. The molecular formula is C10H14O. The van der Waals surface area contributed by atoms with Gasteiger partial charge >= 0.3 is 0 Å². The van der Waals surface area contributed by atoms with Crippen molar-refractivity contribution in [1.29, 1.82) is 0 Å². The number of hydrogen-bond acceptors (Lipinski definition) is 1. The summed E-state index contributed by atoms with van der Waals surface area (Å²) < 4.78 is 0. The zero-order valence-corrected chi connectivity index (χ0v) is 7.13. The molecule has 0 bridgehead atoms. The number of rotatable bonds is 2. The molecule has 0 radical (unpaired) electrons. The molecule has 60 valence electrons. The van der Waals surface area contributed by atoms with Crippen LogP contribution in [0.4, 0.5) is 0 Å². The first-order chi connectivity index (χ1) is 5.25. The van der Waals surface area contributed by atoms with Crippen LogP contribution in [0.15, 0.2) is 23.8 Å². The van der Waals surface area contributed by atoms with Crippen molar-refractivity contribution in [2.45, 2.75) is 26.7 Å². The third-order valence-corrected chi connectivity index (χ3v) is 2.07. The van der Waals surface area contributed by atoms with E-state index < -0.39 is 0 Å². The van der Waals surface area contributed by atoms with E-state index in [2.05, 4.69) is 13.0 Å². The molecule has 1 aliphatic carbocycles. The predicted molar refractivity (Wildman–Crippen MR) is 46.3 cm³/mol. The molecule has 1 rings (SSSR count). The number of carbonyl (C=O) groups is 1. The fourth-order valence-electron chi connectivity index (χ4n) is 1.43. The van der Waals surface area contributed by atoms with Crippen molar-refractivity contribution < 1.29 is 4.79 Å². The molecule has 1 nitrogen and oxygen atoms in total. The first kappa shape index (κ1) is 8.25. The van der Waals surface area contributed by atoms with Gasteiger partial charge in [0.1, 0.15) is 0 Å². The second kappa shape index (κ2) is 3.51. The Balaban J connectivity index is 2.62. The zero-order chi connectivity index (χ0) is 8.27. The van der Waals surface area contributed by atoms with Gasteiger partial charge in [0.05, 0.1) is 0 Å². The topological polar surface area (TPSA) is 17.1 Å². The van der Waals surface area contributed by atoms with Crippen LogP contribution in [0.25, 0.3) is 0 Å². The van der Waals surface area contributed by atoms with E-state index in [0.29, 0.717) is 0 Å². The first-order valence-electron chi connectivity index (χ1n) is 4.12. The third kappa shape index (κ3) is 1.79. The van der Waals surface area contributed by atoms with Crippen molar-refractivity contribution in [3.8, 4) is 0 Å². The largest absolute Gasteiger partial charge is 0.294 e. The molecular weight excluding hydrogens is 136 g/mol. The van der Waals surface area contributed by atoms with Crippen LogP contribution in [-0.2, 0) is 4.79 Å². The number of carbonyl (C=O) groups excluding carboxylic acids is 1. The smallest absolute Gasteiger partial charge is 0.162 e. The van der Waals surface area contributed by atoms with Gasteiger partial charge in [-0.05, 0) is 25.8 Å². The van der Waals surface area contributed by atoms with Crippen molar-refractivity contribution in [2.24, 2.45) is 5.92 Å². The van der Waals surface area contributed by atoms with Gasteiger partial charge in [0.15, 0.2) is 5.78 Å². The average molecular weight is 150 g/mol. The minimum Gasteiger partial charge on any atom is -0.294 e. The lowest BCUT2D eigenvalue weighted by molar-refractivity contribution is -0.116. The van der Waals surface area contributed by atoms with E-state index in [1.165, 1.54) is 5.57 Å². The van der Waals surface area contributed by atoms with E-state index in [1.807, 2.05) is 13.0 Å². The number of ketones is 1. The van der Waals surface area contributed by atoms with Gasteiger partial charge in [0, 0.05) is 5.92 Å². The molecule has 1 aliphatic rings. The van der Waals surface area contributed by atoms with Crippen LogP contribution < -0.4 is 0 Å². The van der Waals surface area contributed by atoms with Crippen LogP contribution in [0.1, 0.15) is 26.7 Å². The Hall–Kier alpha value is -0.850. The SMILES string of the molecule is CCC=C(C)C1CC=CC1=O. The van der Waals surface area contributed by atoms with Crippen LogP contribution in [0.3, 0.4) is 0 Å². The predicted octanol–water partition coefficient (Wildman–Crippen LogP) is 2.49. The lowest BCUT2D eigenvalue weighted by atomic mass is 9.96. The van der Waals surface area contributed by atoms with Crippen LogP contribution in [0.5, 0.6) is 0 Å². The van der Waals surface area contributed by atoms with E-state index in [4.69, 9.17) is 0 Å². The minimum atomic E-state index is 0.162. The second-order valence-electron chi connectivity index (χ2n) is 2.95. The third-order valence-electron chi connectivity index (χ3n) is 2.07. The molecule has 0 aromatic carbocycles. The summed E-state index contributed by atoms with van der Waals surface area (Å²) in [4.78, 5) is 11.2. The summed E-state index contributed by atoms with van der Waals surface area (Å²) in [5.41, 5.74) is 1.22. The highest BCUT2D eigenvalue weighted by Gasteiger charge is 2.20. The van der Waals surface area contributed by atoms with Crippen molar-refractivity contribution >= 4 is 5.78 Å². The van der Waals surface area contributed by atoms with Crippen LogP contribution in [0, 0.1) is 5.92 Å². The molecule has 1 unspecified atom stereocenters. The van der Waals surface area contributed by atoms with E-state index in [1.54, 1.807) is 6.08 Å². The molecule has 1 heteroatoms. The molecule has 0 aromatic rings. The average Bonchev–Trinajstić information content (AvgIpc) is 2.36. The molecule has 0 heterocycles. The standard InChI is InChI=1S/C10H14O/c1-3-5-8(2)9-6-4-7-10(9)11/h4-5,7,9H,3,6H2,1-2H3. The Morgan fingerprint density at radius 2 is 2.55 bits per heavy atom. The maximum atomic E-state index is 11.2. The Kier molecular flexibility index (Phi) is 2.64. The quantitative estimate of drug-likeness (QED) is 0.553. The van der Waals surface area contributed by atoms with Crippen LogP contribution in [0.2, 0.25) is 0 Å². The van der Waals surface area contributed by atoms with Crippen molar-refractivity contribution in [3.63, 3.8) is 0 Å². The van der Waals surface area contributed by atoms with E-state index in [0.717, 1.165) is 12.8 Å². The van der Waals surface area contributed by atoms with E-state index in [9.17, 15) is 4.79 Å². The number of hydrogen-bond donors (Lipinski definition) is 0. The highest BCUT2D eigenvalue weighted by Crippen LogP contribution is 2.22. The van der Waals surface area contributed by atoms with Gasteiger partial charge in [-0.1, -0.05) is 24.6 Å². The monoisotopic (exact) mass is 150 g/mol. The lowest BCUT2D eigenvalue weighted by Crippen LogP contribution is -2.07. The number of allylic oxidation sites excluding steroid dienone is 4. The lowest BCUT2D eigenvalue weighted by Gasteiger charge is -2.07. The molecule has 1 atom stereocenters. The van der Waals surface area contributed by atoms with Crippen molar-refractivity contribution in [2.75, 3.05) is 0 Å². The summed E-state index contributed by atoms with van der Waals surface area (Å²) >= 11 is 0. The normalized spacial score (nSPS) is 24.7. The van der Waals surface area contributed by atoms with Crippen LogP contribution in [-0.4, -0.2) is 5.78 Å².